The van der Waals surface area contributed by atoms with Gasteiger partial charge in [-0.2, -0.15) is 0 Å². The number of likely N-dealkylation sites (tertiary alicyclic amines) is 1. The summed E-state index contributed by atoms with van der Waals surface area (Å²) in [6.45, 7) is 6.39. The van der Waals surface area contributed by atoms with Crippen molar-refractivity contribution < 1.29 is 19.1 Å². The molecule has 5 nitrogen and oxygen atoms in total. The summed E-state index contributed by atoms with van der Waals surface area (Å²) in [7, 11) is 1.37. The molecule has 130 valence electrons. The highest BCUT2D eigenvalue weighted by molar-refractivity contribution is 5.89. The second-order valence-electron chi connectivity index (χ2n) is 7.84. The third-order valence-corrected chi connectivity index (χ3v) is 5.00. The number of esters is 1. The lowest BCUT2D eigenvalue weighted by molar-refractivity contribution is -0.124. The number of carbonyl (C=O) groups is 2. The van der Waals surface area contributed by atoms with E-state index in [2.05, 4.69) is 0 Å². The smallest absolute Gasteiger partial charge is 0.410 e. The number of ether oxygens (including phenoxy) is 2. The number of methoxy groups -OCH3 is 1. The zero-order valence-corrected chi connectivity index (χ0v) is 14.8. The van der Waals surface area contributed by atoms with Crippen LogP contribution in [0.15, 0.2) is 24.3 Å². The van der Waals surface area contributed by atoms with E-state index in [4.69, 9.17) is 9.47 Å². The maximum atomic E-state index is 12.5. The molecule has 1 aromatic rings. The van der Waals surface area contributed by atoms with Crippen LogP contribution in [0.2, 0.25) is 0 Å². The van der Waals surface area contributed by atoms with E-state index >= 15 is 0 Å². The van der Waals surface area contributed by atoms with Gasteiger partial charge in [0.15, 0.2) is 0 Å². The monoisotopic (exact) mass is 331 g/mol. The van der Waals surface area contributed by atoms with Crippen molar-refractivity contribution in [3.05, 3.63) is 35.4 Å². The van der Waals surface area contributed by atoms with Gasteiger partial charge in [-0.15, -0.1) is 0 Å². The standard InChI is InChI=1S/C19H25NO4/c1-18(2,3)24-17(22)20-12-19(10-5-11-19)15(20)13-6-8-14(9-7-13)16(21)23-4/h6-9,15H,5,10-12H2,1-4H3/t15-/m1/s1. The average molecular weight is 331 g/mol. The van der Waals surface area contributed by atoms with Crippen LogP contribution in [0.4, 0.5) is 4.79 Å². The fraction of sp³-hybridized carbons (Fsp3) is 0.579. The predicted octanol–water partition coefficient (Wildman–Crippen LogP) is 3.94. The summed E-state index contributed by atoms with van der Waals surface area (Å²) in [5, 5.41) is 0. The highest BCUT2D eigenvalue weighted by Gasteiger charge is 2.58. The first-order chi connectivity index (χ1) is 11.3. The van der Waals surface area contributed by atoms with E-state index < -0.39 is 5.60 Å². The predicted molar refractivity (Wildman–Crippen MR) is 89.7 cm³/mol. The minimum absolute atomic E-state index is 0.0350. The van der Waals surface area contributed by atoms with Crippen LogP contribution < -0.4 is 0 Å². The zero-order chi connectivity index (χ0) is 17.5. The molecule has 0 bridgehead atoms. The molecule has 0 aromatic heterocycles. The van der Waals surface area contributed by atoms with E-state index in [0.717, 1.165) is 24.9 Å². The summed E-state index contributed by atoms with van der Waals surface area (Å²) in [6.07, 6.45) is 3.21. The maximum absolute atomic E-state index is 12.5. The van der Waals surface area contributed by atoms with E-state index in [1.165, 1.54) is 13.5 Å². The molecule has 1 saturated carbocycles. The Morgan fingerprint density at radius 1 is 1.17 bits per heavy atom. The Hall–Kier alpha value is -2.04. The number of carbonyl (C=O) groups excluding carboxylic acids is 2. The minimum atomic E-state index is -0.501. The van der Waals surface area contributed by atoms with Crippen LogP contribution >= 0.6 is 0 Å². The van der Waals surface area contributed by atoms with Crippen LogP contribution in [-0.2, 0) is 9.47 Å². The van der Waals surface area contributed by atoms with Gasteiger partial charge in [0.25, 0.3) is 0 Å². The molecule has 1 aromatic carbocycles. The van der Waals surface area contributed by atoms with Gasteiger partial charge in [-0.3, -0.25) is 4.90 Å². The van der Waals surface area contributed by atoms with Crippen LogP contribution in [0.1, 0.15) is 62.0 Å². The molecule has 1 aliphatic carbocycles. The van der Waals surface area contributed by atoms with Crippen LogP contribution in [0.3, 0.4) is 0 Å². The molecule has 24 heavy (non-hydrogen) atoms. The Bertz CT molecular complexity index is 640. The molecular formula is C19H25NO4. The van der Waals surface area contributed by atoms with E-state index in [1.54, 1.807) is 12.1 Å². The molecule has 2 aliphatic rings. The highest BCUT2D eigenvalue weighted by atomic mass is 16.6. The number of benzene rings is 1. The number of amides is 1. The van der Waals surface area contributed by atoms with Crippen molar-refractivity contribution in [1.82, 2.24) is 4.90 Å². The topological polar surface area (TPSA) is 55.8 Å². The van der Waals surface area contributed by atoms with Crippen LogP contribution in [-0.4, -0.2) is 36.2 Å². The van der Waals surface area contributed by atoms with E-state index in [9.17, 15) is 9.59 Å². The van der Waals surface area contributed by atoms with Gasteiger partial charge in [0.05, 0.1) is 18.7 Å². The molecular weight excluding hydrogens is 306 g/mol. The molecule has 2 fully saturated rings. The lowest BCUT2D eigenvalue weighted by Gasteiger charge is -2.62. The van der Waals surface area contributed by atoms with E-state index in [1.807, 2.05) is 37.8 Å². The number of nitrogens with zero attached hydrogens (tertiary/aromatic N) is 1. The van der Waals surface area contributed by atoms with Crippen molar-refractivity contribution in [1.29, 1.82) is 0 Å². The second kappa shape index (κ2) is 5.80. The maximum Gasteiger partial charge on any atom is 0.410 e. The molecule has 0 radical (unpaired) electrons. The number of hydrogen-bond acceptors (Lipinski definition) is 4. The minimum Gasteiger partial charge on any atom is -0.465 e. The van der Waals surface area contributed by atoms with Crippen molar-refractivity contribution in [3.8, 4) is 0 Å². The van der Waals surface area contributed by atoms with Gasteiger partial charge >= 0.3 is 12.1 Å². The first-order valence-corrected chi connectivity index (χ1v) is 8.44. The highest BCUT2D eigenvalue weighted by Crippen LogP contribution is 2.60. The number of hydrogen-bond donors (Lipinski definition) is 0. The van der Waals surface area contributed by atoms with Gasteiger partial charge in [0, 0.05) is 12.0 Å². The normalized spacial score (nSPS) is 21.7. The Labute approximate surface area is 142 Å². The van der Waals surface area contributed by atoms with E-state index in [-0.39, 0.29) is 23.5 Å². The van der Waals surface area contributed by atoms with Gasteiger partial charge in [-0.05, 0) is 51.3 Å². The van der Waals surface area contributed by atoms with Crippen molar-refractivity contribution >= 4 is 12.1 Å². The SMILES string of the molecule is COC(=O)c1ccc([C@H]2N(C(=O)OC(C)(C)C)CC23CCC3)cc1. The van der Waals surface area contributed by atoms with Gasteiger partial charge in [0.2, 0.25) is 0 Å². The zero-order valence-electron chi connectivity index (χ0n) is 14.8. The molecule has 0 N–H and O–H groups in total. The Morgan fingerprint density at radius 2 is 1.79 bits per heavy atom. The molecule has 1 heterocycles. The Kier molecular flexibility index (Phi) is 4.06. The van der Waals surface area contributed by atoms with Gasteiger partial charge in [-0.25, -0.2) is 9.59 Å². The lowest BCUT2D eigenvalue weighted by atomic mass is 9.56. The summed E-state index contributed by atoms with van der Waals surface area (Å²) >= 11 is 0. The van der Waals surface area contributed by atoms with Gasteiger partial charge in [0.1, 0.15) is 5.60 Å². The van der Waals surface area contributed by atoms with Crippen LogP contribution in [0.5, 0.6) is 0 Å². The molecule has 5 heteroatoms. The fourth-order valence-corrected chi connectivity index (χ4v) is 3.74. The Balaban J connectivity index is 1.81. The molecule has 3 rings (SSSR count). The summed E-state index contributed by atoms with van der Waals surface area (Å²) in [5.41, 5.74) is 1.26. The van der Waals surface area contributed by atoms with Crippen molar-refractivity contribution in [2.45, 2.75) is 51.7 Å². The first-order valence-electron chi connectivity index (χ1n) is 8.44. The van der Waals surface area contributed by atoms with Crippen LogP contribution in [0, 0.1) is 5.41 Å². The molecule has 0 unspecified atom stereocenters. The Morgan fingerprint density at radius 3 is 2.25 bits per heavy atom. The number of rotatable bonds is 2. The van der Waals surface area contributed by atoms with Gasteiger partial charge in [-0.1, -0.05) is 18.6 Å². The van der Waals surface area contributed by atoms with Crippen molar-refractivity contribution in [2.24, 2.45) is 5.41 Å². The average Bonchev–Trinajstić information content (AvgIpc) is 2.43. The summed E-state index contributed by atoms with van der Waals surface area (Å²) in [5.74, 6) is -0.350. The quantitative estimate of drug-likeness (QED) is 0.770. The van der Waals surface area contributed by atoms with Crippen molar-refractivity contribution in [2.75, 3.05) is 13.7 Å². The second-order valence-corrected chi connectivity index (χ2v) is 7.84. The third-order valence-electron chi connectivity index (χ3n) is 5.00. The first kappa shape index (κ1) is 16.8. The summed E-state index contributed by atoms with van der Waals surface area (Å²) in [6, 6.07) is 7.41. The van der Waals surface area contributed by atoms with E-state index in [0.29, 0.717) is 5.56 Å². The summed E-state index contributed by atoms with van der Waals surface area (Å²) in [4.78, 5) is 25.9. The molecule has 1 atom stereocenters. The summed E-state index contributed by atoms with van der Waals surface area (Å²) < 4.78 is 10.3. The van der Waals surface area contributed by atoms with Gasteiger partial charge < -0.3 is 9.47 Å². The molecule has 1 spiro atoms. The molecule has 1 aliphatic heterocycles. The largest absolute Gasteiger partial charge is 0.465 e. The van der Waals surface area contributed by atoms with Crippen LogP contribution in [0.25, 0.3) is 0 Å². The molecule has 1 saturated heterocycles. The molecule has 1 amide bonds. The fourth-order valence-electron chi connectivity index (χ4n) is 3.74. The van der Waals surface area contributed by atoms with Crippen molar-refractivity contribution in [3.63, 3.8) is 0 Å². The lowest BCUT2D eigenvalue weighted by Crippen LogP contribution is -2.63. The third kappa shape index (κ3) is 2.87.